The van der Waals surface area contributed by atoms with E-state index >= 15 is 0 Å². The van der Waals surface area contributed by atoms with Gasteiger partial charge in [-0.25, -0.2) is 0 Å². The van der Waals surface area contributed by atoms with Crippen LogP contribution < -0.4 is 11.1 Å². The van der Waals surface area contributed by atoms with Crippen LogP contribution in [0.3, 0.4) is 0 Å². The van der Waals surface area contributed by atoms with Gasteiger partial charge < -0.3 is 20.5 Å². The molecule has 8 heteroatoms. The molecule has 0 aliphatic carbocycles. The van der Waals surface area contributed by atoms with Crippen LogP contribution in [0.2, 0.25) is 0 Å². The summed E-state index contributed by atoms with van der Waals surface area (Å²) in [5, 5.41) is 4.87. The van der Waals surface area contributed by atoms with E-state index in [9.17, 15) is 14.2 Å². The molecule has 0 saturated heterocycles. The highest BCUT2D eigenvalue weighted by atomic mass is 32.1. The SMILES string of the molecule is CC(C)P(=O)(CCN(C)C(=O)c1ccc(C(=O)Nc2cc(-c3cccs3)ccc2N)cc1)C(C)C. The molecule has 3 rings (SSSR count). The Labute approximate surface area is 211 Å². The number of thiophene rings is 1. The Kier molecular flexibility index (Phi) is 8.57. The number of carbonyl (C=O) groups excluding carboxylic acids is 2. The van der Waals surface area contributed by atoms with Crippen molar-refractivity contribution in [3.63, 3.8) is 0 Å². The van der Waals surface area contributed by atoms with Gasteiger partial charge in [0.05, 0.1) is 18.5 Å². The van der Waals surface area contributed by atoms with E-state index < -0.39 is 7.14 Å². The van der Waals surface area contributed by atoms with E-state index in [0.717, 1.165) is 10.4 Å². The van der Waals surface area contributed by atoms with Gasteiger partial charge in [0.25, 0.3) is 11.8 Å². The van der Waals surface area contributed by atoms with Crippen molar-refractivity contribution < 1.29 is 14.2 Å². The second kappa shape index (κ2) is 11.2. The first kappa shape index (κ1) is 26.7. The zero-order valence-corrected chi connectivity index (χ0v) is 22.7. The Balaban J connectivity index is 1.66. The van der Waals surface area contributed by atoms with E-state index in [2.05, 4.69) is 5.32 Å². The number of benzene rings is 2. The molecule has 0 bridgehead atoms. The van der Waals surface area contributed by atoms with Crippen molar-refractivity contribution in [2.75, 3.05) is 30.8 Å². The average molecular weight is 512 g/mol. The fourth-order valence-corrected chi connectivity index (χ4v) is 7.52. The predicted octanol–water partition coefficient (Wildman–Crippen LogP) is 6.50. The lowest BCUT2D eigenvalue weighted by Crippen LogP contribution is -2.31. The number of rotatable bonds is 9. The molecule has 3 aromatic rings. The third-order valence-corrected chi connectivity index (χ3v) is 11.7. The summed E-state index contributed by atoms with van der Waals surface area (Å²) < 4.78 is 13.3. The normalized spacial score (nSPS) is 11.6. The van der Waals surface area contributed by atoms with Gasteiger partial charge in [-0.15, -0.1) is 11.3 Å². The number of hydrogen-bond donors (Lipinski definition) is 2. The van der Waals surface area contributed by atoms with Gasteiger partial charge in [0, 0.05) is 47.1 Å². The van der Waals surface area contributed by atoms with Crippen molar-refractivity contribution in [1.82, 2.24) is 4.90 Å². The molecule has 0 fully saturated rings. The first-order chi connectivity index (χ1) is 16.5. The molecule has 0 aliphatic rings. The minimum Gasteiger partial charge on any atom is -0.397 e. The number of nitrogen functional groups attached to an aromatic ring is 1. The molecular formula is C27H34N3O3PS. The number of nitrogens with two attached hydrogens (primary N) is 1. The first-order valence-corrected chi connectivity index (χ1v) is 14.6. The Morgan fingerprint density at radius 2 is 1.63 bits per heavy atom. The van der Waals surface area contributed by atoms with Crippen LogP contribution in [-0.2, 0) is 4.57 Å². The maximum absolute atomic E-state index is 13.3. The Morgan fingerprint density at radius 1 is 1.00 bits per heavy atom. The minimum atomic E-state index is -2.38. The van der Waals surface area contributed by atoms with E-state index in [0.29, 0.717) is 35.2 Å². The van der Waals surface area contributed by atoms with E-state index in [-0.39, 0.29) is 23.1 Å². The molecule has 0 atom stereocenters. The van der Waals surface area contributed by atoms with Crippen LogP contribution in [0.15, 0.2) is 60.0 Å². The largest absolute Gasteiger partial charge is 0.397 e. The molecule has 186 valence electrons. The minimum absolute atomic E-state index is 0.0869. The molecule has 0 aliphatic heterocycles. The molecule has 2 aromatic carbocycles. The maximum atomic E-state index is 13.3. The van der Waals surface area contributed by atoms with Crippen molar-refractivity contribution in [2.24, 2.45) is 0 Å². The first-order valence-electron chi connectivity index (χ1n) is 11.7. The molecule has 1 heterocycles. The maximum Gasteiger partial charge on any atom is 0.255 e. The Morgan fingerprint density at radius 3 is 2.20 bits per heavy atom. The van der Waals surface area contributed by atoms with E-state index in [1.54, 1.807) is 53.6 Å². The summed E-state index contributed by atoms with van der Waals surface area (Å²) in [5.74, 6) is -0.467. The molecule has 6 nitrogen and oxygen atoms in total. The van der Waals surface area contributed by atoms with Crippen LogP contribution in [0.4, 0.5) is 11.4 Å². The van der Waals surface area contributed by atoms with E-state index in [1.807, 2.05) is 57.3 Å². The zero-order chi connectivity index (χ0) is 25.8. The second-order valence-corrected chi connectivity index (χ2v) is 14.5. The summed E-state index contributed by atoms with van der Waals surface area (Å²) in [5.41, 5.74) is 9.16. The van der Waals surface area contributed by atoms with Gasteiger partial charge in [0.15, 0.2) is 0 Å². The molecule has 3 N–H and O–H groups in total. The summed E-state index contributed by atoms with van der Waals surface area (Å²) in [4.78, 5) is 28.4. The quantitative estimate of drug-likeness (QED) is 0.253. The van der Waals surface area contributed by atoms with Gasteiger partial charge in [-0.1, -0.05) is 39.8 Å². The number of hydrogen-bond acceptors (Lipinski definition) is 5. The number of nitrogens with one attached hydrogen (secondary N) is 1. The topological polar surface area (TPSA) is 92.5 Å². The van der Waals surface area contributed by atoms with Crippen molar-refractivity contribution in [2.45, 2.75) is 39.0 Å². The van der Waals surface area contributed by atoms with E-state index in [1.165, 1.54) is 0 Å². The highest BCUT2D eigenvalue weighted by Crippen LogP contribution is 2.54. The lowest BCUT2D eigenvalue weighted by Gasteiger charge is -2.28. The third-order valence-electron chi connectivity index (χ3n) is 6.38. The Bertz CT molecular complexity index is 1210. The molecule has 2 amide bonds. The fourth-order valence-electron chi connectivity index (χ4n) is 3.96. The standard InChI is InChI=1S/C27H34N3O3PS/c1-18(2)34(33,19(3)4)15-14-30(5)27(32)21-10-8-20(9-11-21)26(31)29-24-17-22(12-13-23(24)28)25-7-6-16-35-25/h6-13,16-19H,14-15,28H2,1-5H3,(H,29,31). The van der Waals surface area contributed by atoms with Crippen LogP contribution in [0.1, 0.15) is 48.4 Å². The van der Waals surface area contributed by atoms with Crippen LogP contribution in [0, 0.1) is 0 Å². The van der Waals surface area contributed by atoms with Crippen molar-refractivity contribution in [1.29, 1.82) is 0 Å². The predicted molar refractivity (Wildman–Crippen MR) is 148 cm³/mol. The summed E-state index contributed by atoms with van der Waals surface area (Å²) in [7, 11) is -0.663. The van der Waals surface area contributed by atoms with Crippen LogP contribution in [0.5, 0.6) is 0 Å². The van der Waals surface area contributed by atoms with Crippen LogP contribution in [-0.4, -0.2) is 47.8 Å². The number of carbonyl (C=O) groups is 2. The van der Waals surface area contributed by atoms with Crippen LogP contribution >= 0.6 is 18.5 Å². The lowest BCUT2D eigenvalue weighted by molar-refractivity contribution is 0.0802. The fraction of sp³-hybridized carbons (Fsp3) is 0.333. The van der Waals surface area contributed by atoms with Gasteiger partial charge in [-0.05, 0) is 53.4 Å². The third kappa shape index (κ3) is 6.22. The monoisotopic (exact) mass is 511 g/mol. The second-order valence-electron chi connectivity index (χ2n) is 9.30. The number of amides is 2. The van der Waals surface area contributed by atoms with Gasteiger partial charge in [0.2, 0.25) is 0 Å². The van der Waals surface area contributed by atoms with Gasteiger partial charge >= 0.3 is 0 Å². The average Bonchev–Trinajstić information content (AvgIpc) is 3.38. The summed E-state index contributed by atoms with van der Waals surface area (Å²) >= 11 is 1.61. The lowest BCUT2D eigenvalue weighted by atomic mass is 10.1. The van der Waals surface area contributed by atoms with E-state index in [4.69, 9.17) is 5.73 Å². The molecule has 1 aromatic heterocycles. The van der Waals surface area contributed by atoms with Gasteiger partial charge in [-0.2, -0.15) is 0 Å². The highest BCUT2D eigenvalue weighted by Gasteiger charge is 2.30. The summed E-state index contributed by atoms with van der Waals surface area (Å²) in [6, 6.07) is 16.1. The molecular weight excluding hydrogens is 477 g/mol. The zero-order valence-electron chi connectivity index (χ0n) is 20.9. The van der Waals surface area contributed by atoms with Gasteiger partial charge in [0.1, 0.15) is 0 Å². The van der Waals surface area contributed by atoms with Crippen molar-refractivity contribution in [3.05, 3.63) is 71.1 Å². The Hall–Kier alpha value is -2.89. The highest BCUT2D eigenvalue weighted by molar-refractivity contribution is 7.65. The van der Waals surface area contributed by atoms with Crippen molar-refractivity contribution >= 4 is 41.7 Å². The van der Waals surface area contributed by atoms with Crippen molar-refractivity contribution in [3.8, 4) is 10.4 Å². The number of anilines is 2. The molecule has 0 radical (unpaired) electrons. The smallest absolute Gasteiger partial charge is 0.255 e. The van der Waals surface area contributed by atoms with Crippen LogP contribution in [0.25, 0.3) is 10.4 Å². The summed E-state index contributed by atoms with van der Waals surface area (Å²) in [6.07, 6.45) is 0.497. The molecule has 0 spiro atoms. The molecule has 35 heavy (non-hydrogen) atoms. The van der Waals surface area contributed by atoms with Gasteiger partial charge in [-0.3, -0.25) is 9.59 Å². The molecule has 0 unspecified atom stereocenters. The number of nitrogens with zero attached hydrogens (tertiary/aromatic N) is 1. The summed E-state index contributed by atoms with van der Waals surface area (Å²) in [6.45, 7) is 8.36. The molecule has 0 saturated carbocycles.